The van der Waals surface area contributed by atoms with Gasteiger partial charge in [-0.1, -0.05) is 46.5 Å². The highest BCUT2D eigenvalue weighted by Crippen LogP contribution is 2.20. The van der Waals surface area contributed by atoms with Gasteiger partial charge in [0, 0.05) is 6.42 Å². The lowest BCUT2D eigenvalue weighted by molar-refractivity contribution is -0.138. The van der Waals surface area contributed by atoms with Crippen LogP contribution in [0.5, 0.6) is 0 Å². The van der Waals surface area contributed by atoms with E-state index in [1.807, 2.05) is 6.92 Å². The van der Waals surface area contributed by atoms with Gasteiger partial charge in [0.1, 0.15) is 0 Å². The topological polar surface area (TPSA) is 37.3 Å². The van der Waals surface area contributed by atoms with E-state index in [9.17, 15) is 4.79 Å². The van der Waals surface area contributed by atoms with Crippen molar-refractivity contribution in [2.24, 2.45) is 11.8 Å². The lowest BCUT2D eigenvalue weighted by Crippen LogP contribution is -2.12. The van der Waals surface area contributed by atoms with Crippen LogP contribution in [0.3, 0.4) is 0 Å². The molecule has 0 spiro atoms. The Labute approximate surface area is 81.3 Å². The molecule has 0 heterocycles. The minimum Gasteiger partial charge on any atom is -0.481 e. The van der Waals surface area contributed by atoms with Crippen LogP contribution in [0.2, 0.25) is 0 Å². The summed E-state index contributed by atoms with van der Waals surface area (Å²) in [5, 5.41) is 8.60. The van der Waals surface area contributed by atoms with Crippen molar-refractivity contribution in [3.05, 3.63) is 0 Å². The number of hydrogen-bond acceptors (Lipinski definition) is 1. The van der Waals surface area contributed by atoms with Crippen LogP contribution in [0, 0.1) is 11.8 Å². The molecule has 0 radical (unpaired) electrons. The molecule has 13 heavy (non-hydrogen) atoms. The molecule has 0 bridgehead atoms. The summed E-state index contributed by atoms with van der Waals surface area (Å²) in [6.45, 7) is 6.37. The molecule has 0 fully saturated rings. The van der Waals surface area contributed by atoms with Crippen molar-refractivity contribution in [3.63, 3.8) is 0 Å². The summed E-state index contributed by atoms with van der Waals surface area (Å²) in [4.78, 5) is 10.4. The summed E-state index contributed by atoms with van der Waals surface area (Å²) in [6, 6.07) is 0. The van der Waals surface area contributed by atoms with Crippen molar-refractivity contribution < 1.29 is 9.90 Å². The van der Waals surface area contributed by atoms with Gasteiger partial charge in [-0.15, -0.1) is 0 Å². The Balaban J connectivity index is 3.56. The third kappa shape index (κ3) is 6.62. The van der Waals surface area contributed by atoms with Crippen molar-refractivity contribution in [1.82, 2.24) is 0 Å². The van der Waals surface area contributed by atoms with E-state index in [2.05, 4.69) is 13.8 Å². The number of rotatable bonds is 7. The fraction of sp³-hybridized carbons (Fsp3) is 0.909. The van der Waals surface area contributed by atoms with Crippen LogP contribution in [-0.4, -0.2) is 11.1 Å². The predicted octanol–water partition coefficient (Wildman–Crippen LogP) is 3.31. The zero-order valence-electron chi connectivity index (χ0n) is 9.05. The Morgan fingerprint density at radius 3 is 2.31 bits per heavy atom. The van der Waals surface area contributed by atoms with Gasteiger partial charge in [-0.2, -0.15) is 0 Å². The van der Waals surface area contributed by atoms with Gasteiger partial charge in [-0.25, -0.2) is 0 Å². The minimum atomic E-state index is -0.671. The monoisotopic (exact) mass is 186 g/mol. The quantitative estimate of drug-likeness (QED) is 0.619. The normalized spacial score (nSPS) is 15.3. The molecule has 0 aromatic heterocycles. The van der Waals surface area contributed by atoms with E-state index in [4.69, 9.17) is 5.11 Å². The molecule has 2 atom stereocenters. The maximum absolute atomic E-state index is 10.4. The third-order valence-corrected chi connectivity index (χ3v) is 2.73. The third-order valence-electron chi connectivity index (χ3n) is 2.73. The molecule has 2 unspecified atom stereocenters. The summed E-state index contributed by atoms with van der Waals surface area (Å²) >= 11 is 0. The molecule has 0 aliphatic rings. The second-order valence-corrected chi connectivity index (χ2v) is 4.05. The molecule has 0 aliphatic carbocycles. The molecular weight excluding hydrogens is 164 g/mol. The number of unbranched alkanes of at least 4 members (excludes halogenated alkanes) is 2. The molecule has 0 saturated heterocycles. The predicted molar refractivity (Wildman–Crippen MR) is 54.7 cm³/mol. The summed E-state index contributed by atoms with van der Waals surface area (Å²) in [6.07, 6.45) is 5.22. The molecule has 0 amide bonds. The maximum atomic E-state index is 10.4. The molecule has 2 heteroatoms. The SMILES string of the molecule is CCCCCC(C)C(C)CC(=O)O. The molecule has 2 nitrogen and oxygen atoms in total. The van der Waals surface area contributed by atoms with Crippen molar-refractivity contribution in [3.8, 4) is 0 Å². The maximum Gasteiger partial charge on any atom is 0.303 e. The molecule has 0 aliphatic heterocycles. The first kappa shape index (κ1) is 12.5. The Morgan fingerprint density at radius 2 is 1.85 bits per heavy atom. The molecule has 0 saturated carbocycles. The minimum absolute atomic E-state index is 0.313. The van der Waals surface area contributed by atoms with Crippen LogP contribution in [0.1, 0.15) is 52.9 Å². The van der Waals surface area contributed by atoms with Gasteiger partial charge in [0.2, 0.25) is 0 Å². The molecular formula is C11H22O2. The van der Waals surface area contributed by atoms with Gasteiger partial charge in [-0.05, 0) is 11.8 Å². The average molecular weight is 186 g/mol. The first-order valence-electron chi connectivity index (χ1n) is 5.29. The number of carboxylic acid groups (broad SMARTS) is 1. The Bertz CT molecular complexity index is 143. The molecule has 0 rings (SSSR count). The molecule has 0 aromatic rings. The van der Waals surface area contributed by atoms with Gasteiger partial charge in [-0.3, -0.25) is 4.79 Å². The number of aliphatic carboxylic acids is 1. The largest absolute Gasteiger partial charge is 0.481 e. The second-order valence-electron chi connectivity index (χ2n) is 4.05. The van der Waals surface area contributed by atoms with E-state index >= 15 is 0 Å². The summed E-state index contributed by atoms with van der Waals surface area (Å²) in [5.41, 5.74) is 0. The van der Waals surface area contributed by atoms with Crippen LogP contribution in [0.15, 0.2) is 0 Å². The zero-order chi connectivity index (χ0) is 10.3. The summed E-state index contributed by atoms with van der Waals surface area (Å²) < 4.78 is 0. The standard InChI is InChI=1S/C11H22O2/c1-4-5-6-7-9(2)10(3)8-11(12)13/h9-10H,4-8H2,1-3H3,(H,12,13). The van der Waals surface area contributed by atoms with Crippen LogP contribution in [0.4, 0.5) is 0 Å². The Hall–Kier alpha value is -0.530. The lowest BCUT2D eigenvalue weighted by atomic mass is 9.88. The van der Waals surface area contributed by atoms with Crippen molar-refractivity contribution >= 4 is 5.97 Å². The first-order chi connectivity index (χ1) is 6.07. The second kappa shape index (κ2) is 6.93. The number of carboxylic acids is 1. The highest BCUT2D eigenvalue weighted by atomic mass is 16.4. The number of hydrogen-bond donors (Lipinski definition) is 1. The highest BCUT2D eigenvalue weighted by molar-refractivity contribution is 5.66. The van der Waals surface area contributed by atoms with Gasteiger partial charge in [0.05, 0.1) is 0 Å². The van der Waals surface area contributed by atoms with Crippen molar-refractivity contribution in [1.29, 1.82) is 0 Å². The van der Waals surface area contributed by atoms with E-state index in [1.54, 1.807) is 0 Å². The van der Waals surface area contributed by atoms with E-state index in [0.717, 1.165) is 0 Å². The molecule has 78 valence electrons. The fourth-order valence-electron chi connectivity index (χ4n) is 1.48. The van der Waals surface area contributed by atoms with Gasteiger partial charge in [0.15, 0.2) is 0 Å². The average Bonchev–Trinajstić information content (AvgIpc) is 2.03. The van der Waals surface area contributed by atoms with Gasteiger partial charge >= 0.3 is 5.97 Å². The highest BCUT2D eigenvalue weighted by Gasteiger charge is 2.14. The first-order valence-corrected chi connectivity index (χ1v) is 5.29. The Kier molecular flexibility index (Phi) is 6.65. The summed E-state index contributed by atoms with van der Waals surface area (Å²) in [7, 11) is 0. The van der Waals surface area contributed by atoms with E-state index in [1.165, 1.54) is 25.7 Å². The number of carbonyl (C=O) groups is 1. The van der Waals surface area contributed by atoms with E-state index in [-0.39, 0.29) is 0 Å². The van der Waals surface area contributed by atoms with Crippen molar-refractivity contribution in [2.75, 3.05) is 0 Å². The smallest absolute Gasteiger partial charge is 0.303 e. The van der Waals surface area contributed by atoms with E-state index < -0.39 is 5.97 Å². The summed E-state index contributed by atoms with van der Waals surface area (Å²) in [5.74, 6) is 0.187. The van der Waals surface area contributed by atoms with Gasteiger partial charge in [0.25, 0.3) is 0 Å². The fourth-order valence-corrected chi connectivity index (χ4v) is 1.48. The zero-order valence-corrected chi connectivity index (χ0v) is 9.05. The van der Waals surface area contributed by atoms with Crippen LogP contribution < -0.4 is 0 Å². The lowest BCUT2D eigenvalue weighted by Gasteiger charge is -2.17. The Morgan fingerprint density at radius 1 is 1.23 bits per heavy atom. The van der Waals surface area contributed by atoms with Crippen LogP contribution in [-0.2, 0) is 4.79 Å². The van der Waals surface area contributed by atoms with Gasteiger partial charge < -0.3 is 5.11 Å². The molecule has 1 N–H and O–H groups in total. The van der Waals surface area contributed by atoms with E-state index in [0.29, 0.717) is 18.3 Å². The molecule has 0 aromatic carbocycles. The van der Waals surface area contributed by atoms with Crippen molar-refractivity contribution in [2.45, 2.75) is 52.9 Å². The van der Waals surface area contributed by atoms with Crippen LogP contribution >= 0.6 is 0 Å². The van der Waals surface area contributed by atoms with Crippen LogP contribution in [0.25, 0.3) is 0 Å².